The van der Waals surface area contributed by atoms with Crippen molar-refractivity contribution in [2.24, 2.45) is 0 Å². The molecule has 56 valence electrons. The molecule has 4 nitrogen and oxygen atoms in total. The van der Waals surface area contributed by atoms with Crippen molar-refractivity contribution >= 4 is 11.5 Å². The van der Waals surface area contributed by atoms with Gasteiger partial charge in [0.1, 0.15) is 0 Å². The Hall–Kier alpha value is -0.520. The number of aliphatic hydroxyl groups is 1. The SMILES string of the molecule is OCCNCc1csnn1. The second kappa shape index (κ2) is 4.32. The summed E-state index contributed by atoms with van der Waals surface area (Å²) in [5.41, 5.74) is 0.929. The molecule has 2 N–H and O–H groups in total. The molecule has 1 aromatic heterocycles. The maximum absolute atomic E-state index is 8.40. The van der Waals surface area contributed by atoms with Crippen LogP contribution < -0.4 is 5.32 Å². The zero-order chi connectivity index (χ0) is 7.23. The van der Waals surface area contributed by atoms with Crippen molar-refractivity contribution in [2.75, 3.05) is 13.2 Å². The van der Waals surface area contributed by atoms with Gasteiger partial charge in [-0.2, -0.15) is 0 Å². The zero-order valence-corrected chi connectivity index (χ0v) is 6.27. The molecule has 0 aliphatic carbocycles. The first kappa shape index (κ1) is 7.59. The zero-order valence-electron chi connectivity index (χ0n) is 5.45. The third-order valence-electron chi connectivity index (χ3n) is 1.000. The molecule has 1 aromatic rings. The Morgan fingerprint density at radius 1 is 1.70 bits per heavy atom. The largest absolute Gasteiger partial charge is 0.395 e. The summed E-state index contributed by atoms with van der Waals surface area (Å²) in [5.74, 6) is 0. The number of aliphatic hydroxyl groups excluding tert-OH is 1. The van der Waals surface area contributed by atoms with Gasteiger partial charge in [0.15, 0.2) is 0 Å². The van der Waals surface area contributed by atoms with Crippen molar-refractivity contribution in [3.05, 3.63) is 11.1 Å². The predicted molar refractivity (Wildman–Crippen MR) is 38.7 cm³/mol. The molecule has 0 amide bonds. The van der Waals surface area contributed by atoms with Gasteiger partial charge in [-0.3, -0.25) is 0 Å². The lowest BCUT2D eigenvalue weighted by Crippen LogP contribution is -2.17. The minimum atomic E-state index is 0.164. The van der Waals surface area contributed by atoms with Crippen molar-refractivity contribution in [3.8, 4) is 0 Å². The van der Waals surface area contributed by atoms with Gasteiger partial charge in [-0.25, -0.2) is 0 Å². The first-order valence-electron chi connectivity index (χ1n) is 3.01. The van der Waals surface area contributed by atoms with Crippen LogP contribution in [0.4, 0.5) is 0 Å². The van der Waals surface area contributed by atoms with E-state index in [1.165, 1.54) is 11.5 Å². The van der Waals surface area contributed by atoms with Crippen LogP contribution in [-0.2, 0) is 6.54 Å². The standard InChI is InChI=1S/C5H9N3OS/c9-2-1-6-3-5-4-10-8-7-5/h4,6,9H,1-3H2. The summed E-state index contributed by atoms with van der Waals surface area (Å²) in [6.45, 7) is 1.46. The summed E-state index contributed by atoms with van der Waals surface area (Å²) in [7, 11) is 0. The Balaban J connectivity index is 2.15. The van der Waals surface area contributed by atoms with Crippen LogP contribution in [0.3, 0.4) is 0 Å². The lowest BCUT2D eigenvalue weighted by atomic mass is 10.5. The lowest BCUT2D eigenvalue weighted by molar-refractivity contribution is 0.291. The van der Waals surface area contributed by atoms with E-state index in [1.807, 2.05) is 5.38 Å². The molecular weight excluding hydrogens is 150 g/mol. The smallest absolute Gasteiger partial charge is 0.0893 e. The Bertz CT molecular complexity index is 165. The molecule has 0 radical (unpaired) electrons. The second-order valence-corrected chi connectivity index (χ2v) is 2.41. The van der Waals surface area contributed by atoms with Crippen LogP contribution >= 0.6 is 11.5 Å². The predicted octanol–water partition coefficient (Wildman–Crippen LogP) is -0.380. The number of nitrogens with one attached hydrogen (secondary N) is 1. The number of hydrogen-bond donors (Lipinski definition) is 2. The highest BCUT2D eigenvalue weighted by Crippen LogP contribution is 1.94. The fraction of sp³-hybridized carbons (Fsp3) is 0.600. The monoisotopic (exact) mass is 159 g/mol. The van der Waals surface area contributed by atoms with E-state index in [0.29, 0.717) is 13.1 Å². The summed E-state index contributed by atoms with van der Waals surface area (Å²) >= 11 is 1.33. The molecule has 0 aliphatic rings. The summed E-state index contributed by atoms with van der Waals surface area (Å²) in [5, 5.41) is 17.1. The van der Waals surface area contributed by atoms with Crippen molar-refractivity contribution in [3.63, 3.8) is 0 Å². The molecule has 10 heavy (non-hydrogen) atoms. The normalized spacial score (nSPS) is 10.1. The van der Waals surface area contributed by atoms with E-state index in [0.717, 1.165) is 5.69 Å². The van der Waals surface area contributed by atoms with Gasteiger partial charge in [-0.05, 0) is 11.5 Å². The first-order chi connectivity index (χ1) is 4.93. The molecule has 5 heteroatoms. The van der Waals surface area contributed by atoms with E-state index in [1.54, 1.807) is 0 Å². The molecule has 0 saturated carbocycles. The molecule has 0 saturated heterocycles. The summed E-state index contributed by atoms with van der Waals surface area (Å²) in [6.07, 6.45) is 0. The second-order valence-electron chi connectivity index (χ2n) is 1.80. The minimum absolute atomic E-state index is 0.164. The maximum atomic E-state index is 8.40. The molecule has 0 aliphatic heterocycles. The summed E-state index contributed by atoms with van der Waals surface area (Å²) < 4.78 is 3.69. The molecular formula is C5H9N3OS. The van der Waals surface area contributed by atoms with Gasteiger partial charge < -0.3 is 10.4 Å². The van der Waals surface area contributed by atoms with E-state index in [-0.39, 0.29) is 6.61 Å². The highest BCUT2D eigenvalue weighted by Gasteiger charge is 1.92. The first-order valence-corrected chi connectivity index (χ1v) is 3.84. The number of hydrogen-bond acceptors (Lipinski definition) is 5. The maximum Gasteiger partial charge on any atom is 0.0893 e. The third-order valence-corrected chi connectivity index (χ3v) is 1.55. The summed E-state index contributed by atoms with van der Waals surface area (Å²) in [6, 6.07) is 0. The average molecular weight is 159 g/mol. The molecule has 0 bridgehead atoms. The van der Waals surface area contributed by atoms with Crippen LogP contribution in [0.25, 0.3) is 0 Å². The number of rotatable bonds is 4. The van der Waals surface area contributed by atoms with E-state index in [2.05, 4.69) is 14.9 Å². The van der Waals surface area contributed by atoms with Crippen molar-refractivity contribution in [1.82, 2.24) is 14.9 Å². The van der Waals surface area contributed by atoms with Crippen LogP contribution in [0.2, 0.25) is 0 Å². The van der Waals surface area contributed by atoms with Crippen LogP contribution in [0.5, 0.6) is 0 Å². The highest BCUT2D eigenvalue weighted by atomic mass is 32.1. The van der Waals surface area contributed by atoms with Crippen LogP contribution in [0.1, 0.15) is 5.69 Å². The van der Waals surface area contributed by atoms with Gasteiger partial charge in [0.05, 0.1) is 12.3 Å². The molecule has 1 rings (SSSR count). The van der Waals surface area contributed by atoms with Gasteiger partial charge in [-0.15, -0.1) is 5.10 Å². The molecule has 0 aromatic carbocycles. The van der Waals surface area contributed by atoms with Gasteiger partial charge in [0.2, 0.25) is 0 Å². The van der Waals surface area contributed by atoms with Crippen molar-refractivity contribution in [1.29, 1.82) is 0 Å². The van der Waals surface area contributed by atoms with Crippen LogP contribution in [-0.4, -0.2) is 27.8 Å². The Labute approximate surface area is 63.1 Å². The van der Waals surface area contributed by atoms with Gasteiger partial charge in [0, 0.05) is 18.5 Å². The molecule has 0 unspecified atom stereocenters. The van der Waals surface area contributed by atoms with E-state index in [4.69, 9.17) is 5.11 Å². The van der Waals surface area contributed by atoms with Crippen molar-refractivity contribution in [2.45, 2.75) is 6.54 Å². The number of aromatic nitrogens is 2. The topological polar surface area (TPSA) is 58.0 Å². The van der Waals surface area contributed by atoms with Crippen LogP contribution in [0, 0.1) is 0 Å². The van der Waals surface area contributed by atoms with Gasteiger partial charge in [0.25, 0.3) is 0 Å². The Morgan fingerprint density at radius 3 is 3.20 bits per heavy atom. The van der Waals surface area contributed by atoms with E-state index >= 15 is 0 Å². The third kappa shape index (κ3) is 2.38. The van der Waals surface area contributed by atoms with Crippen molar-refractivity contribution < 1.29 is 5.11 Å². The average Bonchev–Trinajstić information content (AvgIpc) is 2.41. The molecule has 0 fully saturated rings. The molecule has 0 spiro atoms. The summed E-state index contributed by atoms with van der Waals surface area (Å²) in [4.78, 5) is 0. The Kier molecular flexibility index (Phi) is 3.28. The van der Waals surface area contributed by atoms with Gasteiger partial charge in [-0.1, -0.05) is 4.49 Å². The van der Waals surface area contributed by atoms with Gasteiger partial charge >= 0.3 is 0 Å². The lowest BCUT2D eigenvalue weighted by Gasteiger charge is -1.95. The van der Waals surface area contributed by atoms with Crippen LogP contribution in [0.15, 0.2) is 5.38 Å². The fourth-order valence-corrected chi connectivity index (χ4v) is 1.01. The fourth-order valence-electron chi connectivity index (χ4n) is 0.557. The Morgan fingerprint density at radius 2 is 2.60 bits per heavy atom. The van der Waals surface area contributed by atoms with E-state index in [9.17, 15) is 0 Å². The number of nitrogens with zero attached hydrogens (tertiary/aromatic N) is 2. The quantitative estimate of drug-likeness (QED) is 0.588. The molecule has 1 heterocycles. The highest BCUT2D eigenvalue weighted by molar-refractivity contribution is 7.03. The van der Waals surface area contributed by atoms with E-state index < -0.39 is 0 Å². The molecule has 0 atom stereocenters. The minimum Gasteiger partial charge on any atom is -0.395 e.